The minimum atomic E-state index is -0.151. The predicted molar refractivity (Wildman–Crippen MR) is 52.6 cm³/mol. The van der Waals surface area contributed by atoms with Gasteiger partial charge in [0.25, 0.3) is 0 Å². The second-order valence-corrected chi connectivity index (χ2v) is 6.25. The van der Waals surface area contributed by atoms with Crippen LogP contribution in [0.25, 0.3) is 0 Å². The van der Waals surface area contributed by atoms with Crippen LogP contribution in [0.4, 0.5) is 4.39 Å². The van der Waals surface area contributed by atoms with Crippen LogP contribution in [0.15, 0.2) is 0 Å². The molecule has 1 nitrogen and oxygen atoms in total. The van der Waals surface area contributed by atoms with Crippen LogP contribution in [0, 0.1) is 22.7 Å². The molecule has 0 saturated heterocycles. The van der Waals surface area contributed by atoms with E-state index in [1.165, 1.54) is 19.3 Å². The molecule has 2 atom stereocenters. The molecule has 80 valence electrons. The molecule has 4 rings (SSSR count). The Morgan fingerprint density at radius 3 is 2.14 bits per heavy atom. The quantitative estimate of drug-likeness (QED) is 0.723. The van der Waals surface area contributed by atoms with E-state index < -0.39 is 0 Å². The van der Waals surface area contributed by atoms with Crippen LogP contribution < -0.4 is 0 Å². The number of hydrogen-bond donors (Lipinski definition) is 1. The van der Waals surface area contributed by atoms with Gasteiger partial charge in [-0.15, -0.1) is 0 Å². The largest absolute Gasteiger partial charge is 0.396 e. The smallest absolute Gasteiger partial charge is 0.0951 e. The van der Waals surface area contributed by atoms with Crippen molar-refractivity contribution in [3.8, 4) is 0 Å². The van der Waals surface area contributed by atoms with Crippen molar-refractivity contribution >= 4 is 0 Å². The highest BCUT2D eigenvalue weighted by molar-refractivity contribution is 5.07. The second kappa shape index (κ2) is 2.72. The van der Waals surface area contributed by atoms with Crippen molar-refractivity contribution in [3.05, 3.63) is 0 Å². The third-order valence-electron chi connectivity index (χ3n) is 4.92. The summed E-state index contributed by atoms with van der Waals surface area (Å²) in [6.45, 7) is 0.142. The summed E-state index contributed by atoms with van der Waals surface area (Å²) < 4.78 is 13.2. The van der Waals surface area contributed by atoms with E-state index in [1.54, 1.807) is 0 Å². The standard InChI is InChI=1S/C12H19FO/c13-7-11-2-9-1-10(3-11)5-12(4-9,6-11)8-14/h9-10,14H,1-8H2. The van der Waals surface area contributed by atoms with E-state index in [0.29, 0.717) is 6.61 Å². The van der Waals surface area contributed by atoms with E-state index in [9.17, 15) is 9.50 Å². The van der Waals surface area contributed by atoms with Gasteiger partial charge in [-0.2, -0.15) is 0 Å². The molecule has 4 fully saturated rings. The van der Waals surface area contributed by atoms with Crippen molar-refractivity contribution in [1.29, 1.82) is 0 Å². The van der Waals surface area contributed by atoms with E-state index in [0.717, 1.165) is 31.1 Å². The lowest BCUT2D eigenvalue weighted by Gasteiger charge is -2.61. The molecule has 0 amide bonds. The van der Waals surface area contributed by atoms with Crippen molar-refractivity contribution in [2.75, 3.05) is 13.3 Å². The van der Waals surface area contributed by atoms with Crippen molar-refractivity contribution < 1.29 is 9.50 Å². The molecule has 2 unspecified atom stereocenters. The number of aliphatic hydroxyl groups is 1. The van der Waals surface area contributed by atoms with E-state index in [1.807, 2.05) is 0 Å². The number of aliphatic hydroxyl groups excluding tert-OH is 1. The topological polar surface area (TPSA) is 20.2 Å². The molecule has 2 heteroatoms. The van der Waals surface area contributed by atoms with Gasteiger partial charge in [-0.1, -0.05) is 0 Å². The van der Waals surface area contributed by atoms with E-state index >= 15 is 0 Å². The molecule has 0 spiro atoms. The Balaban J connectivity index is 1.94. The third kappa shape index (κ3) is 1.09. The maximum absolute atomic E-state index is 13.2. The summed E-state index contributed by atoms with van der Waals surface area (Å²) in [7, 11) is 0. The SMILES string of the molecule is OCC12CC3CC(C1)CC(CF)(C3)C2. The molecule has 0 heterocycles. The lowest BCUT2D eigenvalue weighted by atomic mass is 9.44. The predicted octanol–water partition coefficient (Wildman–Crippen LogP) is 2.53. The molecule has 0 aromatic heterocycles. The van der Waals surface area contributed by atoms with Crippen molar-refractivity contribution in [3.63, 3.8) is 0 Å². The van der Waals surface area contributed by atoms with Crippen molar-refractivity contribution in [2.24, 2.45) is 22.7 Å². The zero-order chi connectivity index (χ0) is 9.81. The zero-order valence-corrected chi connectivity index (χ0v) is 8.64. The van der Waals surface area contributed by atoms with Crippen LogP contribution in [0.1, 0.15) is 38.5 Å². The van der Waals surface area contributed by atoms with E-state index in [4.69, 9.17) is 0 Å². The van der Waals surface area contributed by atoms with E-state index in [2.05, 4.69) is 0 Å². The Morgan fingerprint density at radius 1 is 1.07 bits per heavy atom. The van der Waals surface area contributed by atoms with Crippen LogP contribution in [-0.2, 0) is 0 Å². The highest BCUT2D eigenvalue weighted by Crippen LogP contribution is 2.65. The fourth-order valence-electron chi connectivity index (χ4n) is 4.99. The van der Waals surface area contributed by atoms with Crippen LogP contribution >= 0.6 is 0 Å². The van der Waals surface area contributed by atoms with Gasteiger partial charge in [0.2, 0.25) is 0 Å². The summed E-state index contributed by atoms with van der Waals surface area (Å²) >= 11 is 0. The first-order valence-electron chi connectivity index (χ1n) is 5.86. The molecule has 0 radical (unpaired) electrons. The summed E-state index contributed by atoms with van der Waals surface area (Å²) in [6, 6.07) is 0. The first-order chi connectivity index (χ1) is 6.69. The van der Waals surface area contributed by atoms with Crippen molar-refractivity contribution in [1.82, 2.24) is 0 Å². The van der Waals surface area contributed by atoms with Gasteiger partial charge in [-0.3, -0.25) is 4.39 Å². The van der Waals surface area contributed by atoms with Gasteiger partial charge in [0.15, 0.2) is 0 Å². The van der Waals surface area contributed by atoms with Crippen molar-refractivity contribution in [2.45, 2.75) is 38.5 Å². The Hall–Kier alpha value is -0.110. The molecule has 4 bridgehead atoms. The van der Waals surface area contributed by atoms with Gasteiger partial charge in [0.1, 0.15) is 0 Å². The van der Waals surface area contributed by atoms with Gasteiger partial charge in [-0.05, 0) is 61.2 Å². The number of halogens is 1. The minimum Gasteiger partial charge on any atom is -0.396 e. The molecule has 4 aliphatic rings. The second-order valence-electron chi connectivity index (χ2n) is 6.25. The van der Waals surface area contributed by atoms with Crippen LogP contribution in [0.5, 0.6) is 0 Å². The Labute approximate surface area is 84.7 Å². The highest BCUT2D eigenvalue weighted by atomic mass is 19.1. The lowest BCUT2D eigenvalue weighted by Crippen LogP contribution is -2.54. The third-order valence-corrected chi connectivity index (χ3v) is 4.92. The highest BCUT2D eigenvalue weighted by Gasteiger charge is 2.57. The van der Waals surface area contributed by atoms with Crippen LogP contribution in [-0.4, -0.2) is 18.4 Å². The average Bonchev–Trinajstić information content (AvgIpc) is 2.16. The fourth-order valence-corrected chi connectivity index (χ4v) is 4.99. The lowest BCUT2D eigenvalue weighted by molar-refractivity contribution is -0.135. The summed E-state index contributed by atoms with van der Waals surface area (Å²) in [6.07, 6.45) is 6.80. The molecular weight excluding hydrogens is 179 g/mol. The molecule has 1 N–H and O–H groups in total. The van der Waals surface area contributed by atoms with Crippen LogP contribution in [0.3, 0.4) is 0 Å². The molecule has 0 aromatic rings. The number of hydrogen-bond acceptors (Lipinski definition) is 1. The molecule has 4 aliphatic carbocycles. The van der Waals surface area contributed by atoms with Gasteiger partial charge in [0, 0.05) is 6.61 Å². The Morgan fingerprint density at radius 2 is 1.64 bits per heavy atom. The summed E-state index contributed by atoms with van der Waals surface area (Å²) in [5.74, 6) is 1.44. The maximum atomic E-state index is 13.2. The van der Waals surface area contributed by atoms with E-state index in [-0.39, 0.29) is 17.5 Å². The van der Waals surface area contributed by atoms with Gasteiger partial charge in [0.05, 0.1) is 6.67 Å². The first-order valence-corrected chi connectivity index (χ1v) is 5.86. The Bertz CT molecular complexity index is 215. The molecular formula is C12H19FO. The summed E-state index contributed by atoms with van der Waals surface area (Å²) in [4.78, 5) is 0. The number of rotatable bonds is 2. The van der Waals surface area contributed by atoms with Gasteiger partial charge < -0.3 is 5.11 Å². The van der Waals surface area contributed by atoms with Gasteiger partial charge in [-0.25, -0.2) is 0 Å². The number of alkyl halides is 1. The van der Waals surface area contributed by atoms with Gasteiger partial charge >= 0.3 is 0 Å². The fraction of sp³-hybridized carbons (Fsp3) is 1.00. The molecule has 4 saturated carbocycles. The molecule has 0 aliphatic heterocycles. The monoisotopic (exact) mass is 198 g/mol. The Kier molecular flexibility index (Phi) is 1.77. The zero-order valence-electron chi connectivity index (χ0n) is 8.64. The van der Waals surface area contributed by atoms with Crippen LogP contribution in [0.2, 0.25) is 0 Å². The normalized spacial score (nSPS) is 55.3. The average molecular weight is 198 g/mol. The first kappa shape index (κ1) is 9.14. The maximum Gasteiger partial charge on any atom is 0.0951 e. The molecule has 14 heavy (non-hydrogen) atoms. The minimum absolute atomic E-state index is 0.0210. The summed E-state index contributed by atoms with van der Waals surface area (Å²) in [5.41, 5.74) is 0.100. The summed E-state index contributed by atoms with van der Waals surface area (Å²) in [5, 5.41) is 9.52. The molecule has 0 aromatic carbocycles.